The van der Waals surface area contributed by atoms with E-state index >= 15 is 0 Å². The third kappa shape index (κ3) is 2.82. The van der Waals surface area contributed by atoms with Crippen molar-refractivity contribution >= 4 is 39.6 Å². The first-order chi connectivity index (χ1) is 13.0. The average molecular weight is 383 g/mol. The summed E-state index contributed by atoms with van der Waals surface area (Å²) in [4.78, 5) is 21.0. The largest absolute Gasteiger partial charge is 0.509 e. The predicted octanol–water partition coefficient (Wildman–Crippen LogP) is 3.35. The van der Waals surface area contributed by atoms with Gasteiger partial charge in [0, 0.05) is 5.02 Å². The van der Waals surface area contributed by atoms with Gasteiger partial charge in [0.15, 0.2) is 0 Å². The molecule has 0 spiro atoms. The number of benzene rings is 2. The minimum Gasteiger partial charge on any atom is -0.509 e. The lowest BCUT2D eigenvalue weighted by atomic mass is 10.2. The molecule has 1 aliphatic heterocycles. The molecule has 2 aromatic carbocycles. The third-order valence-electron chi connectivity index (χ3n) is 4.38. The maximum absolute atomic E-state index is 12.3. The number of rotatable bonds is 3. The van der Waals surface area contributed by atoms with Crippen molar-refractivity contribution in [2.45, 2.75) is 0 Å². The molecule has 0 bridgehead atoms. The van der Waals surface area contributed by atoms with Crippen LogP contribution < -0.4 is 15.2 Å². The van der Waals surface area contributed by atoms with Gasteiger partial charge in [-0.1, -0.05) is 23.7 Å². The average Bonchev–Trinajstić information content (AvgIpc) is 2.95. The zero-order chi connectivity index (χ0) is 19.1. The van der Waals surface area contributed by atoms with Crippen molar-refractivity contribution in [1.82, 2.24) is 9.97 Å². The highest BCUT2D eigenvalue weighted by molar-refractivity contribution is 6.32. The van der Waals surface area contributed by atoms with E-state index in [0.29, 0.717) is 27.4 Å². The second-order valence-electron chi connectivity index (χ2n) is 6.00. The quantitative estimate of drug-likeness (QED) is 0.644. The number of aromatic nitrogens is 2. The smallest absolute Gasteiger partial charge is 0.259 e. The Kier molecular flexibility index (Phi) is 4.08. The fourth-order valence-corrected chi connectivity index (χ4v) is 3.28. The third-order valence-corrected chi connectivity index (χ3v) is 4.62. The first kappa shape index (κ1) is 17.1. The first-order valence-corrected chi connectivity index (χ1v) is 8.49. The Hall–Kier alpha value is -3.32. The van der Waals surface area contributed by atoms with E-state index in [0.717, 1.165) is 0 Å². The highest BCUT2D eigenvalue weighted by Crippen LogP contribution is 2.36. The number of nitrogens with one attached hydrogen (secondary N) is 2. The van der Waals surface area contributed by atoms with E-state index in [1.807, 2.05) is 0 Å². The molecular formula is C19H15ClN4O3. The number of para-hydroxylation sites is 1. The van der Waals surface area contributed by atoms with Gasteiger partial charge in [-0.05, 0) is 30.3 Å². The van der Waals surface area contributed by atoms with Crippen LogP contribution in [0.4, 0.5) is 5.69 Å². The fourth-order valence-electron chi connectivity index (χ4n) is 3.11. The van der Waals surface area contributed by atoms with Gasteiger partial charge in [-0.15, -0.1) is 0 Å². The molecule has 0 saturated carbocycles. The summed E-state index contributed by atoms with van der Waals surface area (Å²) in [5, 5.41) is 20.0. The van der Waals surface area contributed by atoms with E-state index in [1.54, 1.807) is 47.4 Å². The van der Waals surface area contributed by atoms with Crippen LogP contribution in [0.5, 0.6) is 5.75 Å². The van der Waals surface area contributed by atoms with Crippen molar-refractivity contribution in [3.63, 3.8) is 0 Å². The molecule has 1 aromatic heterocycles. The lowest BCUT2D eigenvalue weighted by Gasteiger charge is -2.21. The predicted molar refractivity (Wildman–Crippen MR) is 105 cm³/mol. The van der Waals surface area contributed by atoms with Crippen LogP contribution >= 0.6 is 11.6 Å². The summed E-state index contributed by atoms with van der Waals surface area (Å²) in [5.74, 6) is 0.579. The van der Waals surface area contributed by atoms with Crippen molar-refractivity contribution in [2.24, 2.45) is 0 Å². The lowest BCUT2D eigenvalue weighted by Crippen LogP contribution is -2.27. The van der Waals surface area contributed by atoms with E-state index in [-0.39, 0.29) is 35.1 Å². The van der Waals surface area contributed by atoms with Crippen LogP contribution in [0.2, 0.25) is 5.02 Å². The zero-order valence-electron chi connectivity index (χ0n) is 14.3. The van der Waals surface area contributed by atoms with Crippen molar-refractivity contribution in [3.8, 4) is 5.75 Å². The van der Waals surface area contributed by atoms with Crippen molar-refractivity contribution in [2.75, 3.05) is 18.6 Å². The van der Waals surface area contributed by atoms with Crippen LogP contribution in [0.1, 0.15) is 5.82 Å². The van der Waals surface area contributed by atoms with Crippen LogP contribution in [-0.2, 0) is 0 Å². The molecule has 0 atom stereocenters. The zero-order valence-corrected chi connectivity index (χ0v) is 15.0. The summed E-state index contributed by atoms with van der Waals surface area (Å²) in [7, 11) is 1.52. The van der Waals surface area contributed by atoms with Gasteiger partial charge in [-0.2, -0.15) is 0 Å². The Morgan fingerprint density at radius 2 is 2.07 bits per heavy atom. The number of halogens is 1. The molecule has 0 unspecified atom stereocenters. The number of fused-ring (bicyclic) bond motifs is 1. The van der Waals surface area contributed by atoms with Gasteiger partial charge < -0.3 is 19.7 Å². The normalized spacial score (nSPS) is 14.3. The SMILES string of the molecule is COc1ccc(Cl)cc1N1CC(O)=C(c2nc3ccccc3c(=O)[nH]2)C1=N. The van der Waals surface area contributed by atoms with Gasteiger partial charge in [-0.25, -0.2) is 4.98 Å². The Balaban J connectivity index is 1.80. The molecule has 0 fully saturated rings. The van der Waals surface area contributed by atoms with E-state index in [9.17, 15) is 9.90 Å². The number of hydrogen-bond donors (Lipinski definition) is 3. The number of ether oxygens (including phenoxy) is 1. The number of aliphatic hydroxyl groups is 1. The maximum Gasteiger partial charge on any atom is 0.259 e. The second kappa shape index (κ2) is 6.44. The Labute approximate surface area is 159 Å². The molecule has 3 aromatic rings. The van der Waals surface area contributed by atoms with Gasteiger partial charge in [0.05, 0.1) is 35.8 Å². The van der Waals surface area contributed by atoms with E-state index in [4.69, 9.17) is 21.7 Å². The molecule has 136 valence electrons. The summed E-state index contributed by atoms with van der Waals surface area (Å²) in [6.07, 6.45) is 0. The molecular weight excluding hydrogens is 368 g/mol. The van der Waals surface area contributed by atoms with Crippen molar-refractivity contribution in [1.29, 1.82) is 5.41 Å². The van der Waals surface area contributed by atoms with Crippen LogP contribution in [0.15, 0.2) is 53.0 Å². The lowest BCUT2D eigenvalue weighted by molar-refractivity contribution is 0.406. The topological polar surface area (TPSA) is 102 Å². The summed E-state index contributed by atoms with van der Waals surface area (Å²) in [5.41, 5.74) is 0.866. The van der Waals surface area contributed by atoms with Crippen LogP contribution in [0.3, 0.4) is 0 Å². The maximum atomic E-state index is 12.3. The fraction of sp³-hybridized carbons (Fsp3) is 0.105. The van der Waals surface area contributed by atoms with E-state index < -0.39 is 0 Å². The molecule has 4 rings (SSSR count). The van der Waals surface area contributed by atoms with Gasteiger partial charge in [0.1, 0.15) is 23.2 Å². The Morgan fingerprint density at radius 1 is 1.30 bits per heavy atom. The van der Waals surface area contributed by atoms with Gasteiger partial charge >= 0.3 is 0 Å². The highest BCUT2D eigenvalue weighted by atomic mass is 35.5. The molecule has 0 aliphatic carbocycles. The highest BCUT2D eigenvalue weighted by Gasteiger charge is 2.32. The number of H-pyrrole nitrogens is 1. The molecule has 0 radical (unpaired) electrons. The molecule has 7 nitrogen and oxygen atoms in total. The number of amidine groups is 1. The van der Waals surface area contributed by atoms with E-state index in [2.05, 4.69) is 9.97 Å². The Bertz CT molecular complexity index is 1170. The number of nitrogens with zero attached hydrogens (tertiary/aromatic N) is 2. The molecule has 3 N–H and O–H groups in total. The number of hydrogen-bond acceptors (Lipinski definition) is 5. The monoisotopic (exact) mass is 382 g/mol. The van der Waals surface area contributed by atoms with Gasteiger partial charge in [0.25, 0.3) is 5.56 Å². The molecule has 2 heterocycles. The summed E-state index contributed by atoms with van der Waals surface area (Å²) < 4.78 is 5.34. The number of methoxy groups -OCH3 is 1. The minimum absolute atomic E-state index is 0.00787. The van der Waals surface area contributed by atoms with Crippen molar-refractivity contribution < 1.29 is 9.84 Å². The molecule has 0 saturated heterocycles. The summed E-state index contributed by atoms with van der Waals surface area (Å²) in [6.45, 7) is 0.0431. The summed E-state index contributed by atoms with van der Waals surface area (Å²) >= 11 is 6.09. The number of aliphatic hydroxyl groups excluding tert-OH is 1. The first-order valence-electron chi connectivity index (χ1n) is 8.11. The molecule has 8 heteroatoms. The van der Waals surface area contributed by atoms with Crippen molar-refractivity contribution in [3.05, 3.63) is 69.4 Å². The minimum atomic E-state index is -0.331. The molecule has 27 heavy (non-hydrogen) atoms. The molecule has 0 amide bonds. The summed E-state index contributed by atoms with van der Waals surface area (Å²) in [6, 6.07) is 11.9. The number of anilines is 1. The number of aromatic amines is 1. The van der Waals surface area contributed by atoms with Crippen LogP contribution in [-0.4, -0.2) is 34.6 Å². The van der Waals surface area contributed by atoms with Crippen LogP contribution in [0, 0.1) is 5.41 Å². The Morgan fingerprint density at radius 3 is 2.85 bits per heavy atom. The van der Waals surface area contributed by atoms with E-state index in [1.165, 1.54) is 7.11 Å². The second-order valence-corrected chi connectivity index (χ2v) is 6.44. The van der Waals surface area contributed by atoms with Gasteiger partial charge in [0.2, 0.25) is 0 Å². The standard InChI is InChI=1S/C19H15ClN4O3/c1-27-15-7-6-10(20)8-13(15)24-9-14(25)16(17(24)21)18-22-12-5-3-2-4-11(12)19(26)23-18/h2-8,21,25H,9H2,1H3,(H,22,23,26). The molecule has 1 aliphatic rings. The van der Waals surface area contributed by atoms with Crippen LogP contribution in [0.25, 0.3) is 16.5 Å². The van der Waals surface area contributed by atoms with Gasteiger partial charge in [-0.3, -0.25) is 10.2 Å².